The van der Waals surface area contributed by atoms with Crippen LogP contribution in [-0.2, 0) is 13.2 Å². The van der Waals surface area contributed by atoms with Crippen LogP contribution in [-0.4, -0.2) is 4.98 Å². The van der Waals surface area contributed by atoms with E-state index in [1.54, 1.807) is 18.2 Å². The van der Waals surface area contributed by atoms with Gasteiger partial charge in [0.05, 0.1) is 5.69 Å². The molecule has 3 rings (SSSR count). The number of halogens is 1. The van der Waals surface area contributed by atoms with Crippen LogP contribution in [0.25, 0.3) is 10.8 Å². The molecule has 0 aliphatic rings. The molecule has 0 amide bonds. The summed E-state index contributed by atoms with van der Waals surface area (Å²) in [4.78, 5) is 4.39. The Morgan fingerprint density at radius 1 is 1.05 bits per heavy atom. The Labute approximate surface area is 122 Å². The molecule has 0 spiro atoms. The van der Waals surface area contributed by atoms with Gasteiger partial charge in [-0.3, -0.25) is 0 Å². The lowest BCUT2D eigenvalue weighted by atomic mass is 10.1. The van der Waals surface area contributed by atoms with Gasteiger partial charge in [0.15, 0.2) is 0 Å². The van der Waals surface area contributed by atoms with E-state index in [-0.39, 0.29) is 12.4 Å². The third-order valence-corrected chi connectivity index (χ3v) is 3.29. The van der Waals surface area contributed by atoms with Crippen molar-refractivity contribution in [3.8, 4) is 5.88 Å². The summed E-state index contributed by atoms with van der Waals surface area (Å²) in [5.41, 5.74) is 6.91. The summed E-state index contributed by atoms with van der Waals surface area (Å²) in [5, 5.41) is 1.91. The molecule has 2 N–H and O–H groups in total. The van der Waals surface area contributed by atoms with Gasteiger partial charge < -0.3 is 10.5 Å². The van der Waals surface area contributed by atoms with Crippen LogP contribution in [0.4, 0.5) is 4.39 Å². The predicted octanol–water partition coefficient (Wildman–Crippen LogP) is 3.41. The van der Waals surface area contributed by atoms with Crippen molar-refractivity contribution in [1.82, 2.24) is 4.98 Å². The number of ether oxygens (including phenoxy) is 1. The van der Waals surface area contributed by atoms with Crippen molar-refractivity contribution in [2.24, 2.45) is 5.73 Å². The smallest absolute Gasteiger partial charge is 0.221 e. The quantitative estimate of drug-likeness (QED) is 0.797. The van der Waals surface area contributed by atoms with E-state index < -0.39 is 0 Å². The van der Waals surface area contributed by atoms with Crippen LogP contribution >= 0.6 is 0 Å². The van der Waals surface area contributed by atoms with Crippen molar-refractivity contribution < 1.29 is 9.13 Å². The topological polar surface area (TPSA) is 48.1 Å². The fourth-order valence-electron chi connectivity index (χ4n) is 2.20. The van der Waals surface area contributed by atoms with E-state index in [0.717, 1.165) is 16.5 Å². The number of nitrogens with zero attached hydrogens (tertiary/aromatic N) is 1. The molecule has 1 aromatic heterocycles. The number of pyridine rings is 1. The van der Waals surface area contributed by atoms with Crippen molar-refractivity contribution in [2.75, 3.05) is 0 Å². The minimum Gasteiger partial charge on any atom is -0.472 e. The molecular weight excluding hydrogens is 267 g/mol. The molecule has 0 unspecified atom stereocenters. The first-order chi connectivity index (χ1) is 10.3. The number of aromatic nitrogens is 1. The highest BCUT2D eigenvalue weighted by molar-refractivity contribution is 5.87. The highest BCUT2D eigenvalue weighted by atomic mass is 19.1. The molecule has 2 aromatic carbocycles. The average Bonchev–Trinajstić information content (AvgIpc) is 2.53. The maximum absolute atomic E-state index is 13.6. The summed E-state index contributed by atoms with van der Waals surface area (Å²) >= 11 is 0. The molecular formula is C17H15FN2O. The number of benzene rings is 2. The van der Waals surface area contributed by atoms with E-state index in [2.05, 4.69) is 4.98 Å². The molecule has 0 aliphatic carbocycles. The molecule has 0 radical (unpaired) electrons. The highest BCUT2D eigenvalue weighted by Gasteiger charge is 2.08. The van der Waals surface area contributed by atoms with Crippen LogP contribution in [0.3, 0.4) is 0 Å². The van der Waals surface area contributed by atoms with Crippen LogP contribution in [0.1, 0.15) is 11.3 Å². The number of hydrogen-bond donors (Lipinski definition) is 1. The van der Waals surface area contributed by atoms with E-state index in [1.807, 2.05) is 30.3 Å². The molecule has 0 saturated heterocycles. The second kappa shape index (κ2) is 5.89. The maximum atomic E-state index is 13.6. The molecule has 0 aliphatic heterocycles. The van der Waals surface area contributed by atoms with Crippen LogP contribution in [0, 0.1) is 5.82 Å². The normalized spacial score (nSPS) is 10.8. The van der Waals surface area contributed by atoms with Crippen LogP contribution in [0.2, 0.25) is 0 Å². The Bertz CT molecular complexity index is 774. The first-order valence-electron chi connectivity index (χ1n) is 6.73. The molecule has 0 saturated carbocycles. The molecule has 0 atom stereocenters. The van der Waals surface area contributed by atoms with Gasteiger partial charge in [0.2, 0.25) is 5.88 Å². The van der Waals surface area contributed by atoms with Gasteiger partial charge in [-0.15, -0.1) is 0 Å². The molecule has 0 bridgehead atoms. The van der Waals surface area contributed by atoms with Gasteiger partial charge in [0, 0.05) is 17.5 Å². The minimum absolute atomic E-state index is 0.137. The zero-order valence-electron chi connectivity index (χ0n) is 11.4. The van der Waals surface area contributed by atoms with Gasteiger partial charge in [0.25, 0.3) is 0 Å². The zero-order valence-corrected chi connectivity index (χ0v) is 11.4. The van der Waals surface area contributed by atoms with Crippen LogP contribution in [0.15, 0.2) is 54.6 Å². The number of fused-ring (bicyclic) bond motifs is 1. The van der Waals surface area contributed by atoms with Gasteiger partial charge >= 0.3 is 0 Å². The summed E-state index contributed by atoms with van der Waals surface area (Å²) in [6, 6.07) is 16.3. The van der Waals surface area contributed by atoms with E-state index in [0.29, 0.717) is 18.0 Å². The van der Waals surface area contributed by atoms with Gasteiger partial charge in [-0.05, 0) is 23.6 Å². The van der Waals surface area contributed by atoms with E-state index >= 15 is 0 Å². The lowest BCUT2D eigenvalue weighted by molar-refractivity contribution is 0.291. The molecule has 4 heteroatoms. The van der Waals surface area contributed by atoms with Gasteiger partial charge in [-0.25, -0.2) is 9.37 Å². The van der Waals surface area contributed by atoms with Crippen LogP contribution < -0.4 is 10.5 Å². The van der Waals surface area contributed by atoms with E-state index in [4.69, 9.17) is 10.5 Å². The van der Waals surface area contributed by atoms with Crippen molar-refractivity contribution in [1.29, 1.82) is 0 Å². The van der Waals surface area contributed by atoms with Gasteiger partial charge in [-0.1, -0.05) is 36.4 Å². The summed E-state index contributed by atoms with van der Waals surface area (Å²) < 4.78 is 19.4. The lowest BCUT2D eigenvalue weighted by Gasteiger charge is -2.10. The Morgan fingerprint density at radius 3 is 2.62 bits per heavy atom. The molecule has 3 nitrogen and oxygen atoms in total. The summed E-state index contributed by atoms with van der Waals surface area (Å²) in [5.74, 6) is 0.202. The van der Waals surface area contributed by atoms with Crippen LogP contribution in [0.5, 0.6) is 5.88 Å². The van der Waals surface area contributed by atoms with E-state index in [9.17, 15) is 4.39 Å². The minimum atomic E-state index is -0.281. The summed E-state index contributed by atoms with van der Waals surface area (Å²) in [7, 11) is 0. The van der Waals surface area contributed by atoms with E-state index in [1.165, 1.54) is 6.07 Å². The van der Waals surface area contributed by atoms with Gasteiger partial charge in [0.1, 0.15) is 12.4 Å². The van der Waals surface area contributed by atoms with Crippen molar-refractivity contribution in [2.45, 2.75) is 13.2 Å². The fourth-order valence-corrected chi connectivity index (χ4v) is 2.20. The first kappa shape index (κ1) is 13.5. The monoisotopic (exact) mass is 282 g/mol. The average molecular weight is 282 g/mol. The summed E-state index contributed by atoms with van der Waals surface area (Å²) in [6.07, 6.45) is 0. The Kier molecular flexibility index (Phi) is 3.79. The third kappa shape index (κ3) is 2.85. The fraction of sp³-hybridized carbons (Fsp3) is 0.118. The van der Waals surface area contributed by atoms with Crippen molar-refractivity contribution in [3.63, 3.8) is 0 Å². The predicted molar refractivity (Wildman–Crippen MR) is 80.4 cm³/mol. The third-order valence-electron chi connectivity index (χ3n) is 3.29. The Morgan fingerprint density at radius 2 is 1.81 bits per heavy atom. The summed E-state index contributed by atoms with van der Waals surface area (Å²) in [6.45, 7) is 0.471. The van der Waals surface area contributed by atoms with Crippen molar-refractivity contribution in [3.05, 3.63) is 71.7 Å². The lowest BCUT2D eigenvalue weighted by Crippen LogP contribution is -2.04. The van der Waals surface area contributed by atoms with Gasteiger partial charge in [-0.2, -0.15) is 0 Å². The highest BCUT2D eigenvalue weighted by Crippen LogP contribution is 2.25. The molecule has 1 heterocycles. The zero-order chi connectivity index (χ0) is 14.7. The standard InChI is InChI=1S/C17H15FN2O/c18-16-8-4-2-6-13(16)11-21-17-15-7-3-1-5-12(15)9-14(10-19)20-17/h1-9H,10-11,19H2. The molecule has 0 fully saturated rings. The first-order valence-corrected chi connectivity index (χ1v) is 6.73. The Balaban J connectivity index is 1.94. The maximum Gasteiger partial charge on any atom is 0.221 e. The SMILES string of the molecule is NCc1cc2ccccc2c(OCc2ccccc2F)n1. The largest absolute Gasteiger partial charge is 0.472 e. The second-order valence-electron chi connectivity index (χ2n) is 4.72. The number of hydrogen-bond acceptors (Lipinski definition) is 3. The molecule has 106 valence electrons. The molecule has 21 heavy (non-hydrogen) atoms. The molecule has 3 aromatic rings. The second-order valence-corrected chi connectivity index (χ2v) is 4.72. The number of nitrogens with two attached hydrogens (primary N) is 1. The Hall–Kier alpha value is -2.46. The van der Waals surface area contributed by atoms with Crippen molar-refractivity contribution >= 4 is 10.8 Å². The number of rotatable bonds is 4.